The number of hydrogen-bond acceptors (Lipinski definition) is 3. The standard InChI is InChI=1S/C14H16F5NO3S/c1-13(2,3)24(21)20-11(8-22-14(17,18)19)9-5-4-6-10(7-9)23-12(15)16/h4-7,12H,8H2,1-3H3/t24-/m1/s1. The number of halogens is 5. The number of hydrogen-bond donors (Lipinski definition) is 0. The van der Waals surface area contributed by atoms with Gasteiger partial charge in [-0.05, 0) is 32.9 Å². The molecule has 0 amide bonds. The molecule has 24 heavy (non-hydrogen) atoms. The molecule has 0 bridgehead atoms. The molecule has 0 N–H and O–H groups in total. The first-order chi connectivity index (χ1) is 10.9. The molecular weight excluding hydrogens is 357 g/mol. The predicted molar refractivity (Wildman–Crippen MR) is 79.5 cm³/mol. The van der Waals surface area contributed by atoms with Crippen molar-refractivity contribution >= 4 is 16.7 Å². The number of nitrogens with zero attached hydrogens (tertiary/aromatic N) is 1. The molecule has 1 atom stereocenters. The minimum atomic E-state index is -4.92. The van der Waals surface area contributed by atoms with Gasteiger partial charge >= 0.3 is 13.0 Å². The van der Waals surface area contributed by atoms with E-state index in [1.165, 1.54) is 18.2 Å². The minimum absolute atomic E-state index is 0.0370. The second kappa shape index (κ2) is 8.02. The summed E-state index contributed by atoms with van der Waals surface area (Å²) in [5.74, 6) is -0.260. The molecule has 1 aromatic carbocycles. The molecule has 0 aliphatic carbocycles. The van der Waals surface area contributed by atoms with Gasteiger partial charge in [-0.25, -0.2) is 4.21 Å². The average molecular weight is 373 g/mol. The third-order valence-electron chi connectivity index (χ3n) is 2.48. The van der Waals surface area contributed by atoms with Crippen LogP contribution in [0.1, 0.15) is 26.3 Å². The van der Waals surface area contributed by atoms with Gasteiger partial charge in [0.1, 0.15) is 16.7 Å². The molecule has 1 aromatic rings. The van der Waals surface area contributed by atoms with E-state index in [-0.39, 0.29) is 17.0 Å². The van der Waals surface area contributed by atoms with Gasteiger partial charge in [-0.15, -0.1) is 13.2 Å². The predicted octanol–water partition coefficient (Wildman–Crippen LogP) is 4.08. The molecule has 0 saturated heterocycles. The Morgan fingerprint density at radius 1 is 1.25 bits per heavy atom. The van der Waals surface area contributed by atoms with Gasteiger partial charge < -0.3 is 4.74 Å². The Balaban J connectivity index is 3.17. The first-order valence-corrected chi connectivity index (χ1v) is 7.74. The lowest BCUT2D eigenvalue weighted by atomic mass is 10.1. The van der Waals surface area contributed by atoms with E-state index in [2.05, 4.69) is 13.9 Å². The van der Waals surface area contributed by atoms with E-state index < -0.39 is 35.3 Å². The first kappa shape index (κ1) is 20.5. The van der Waals surface area contributed by atoms with Crippen molar-refractivity contribution in [2.75, 3.05) is 6.61 Å². The largest absolute Gasteiger partial charge is 0.522 e. The molecule has 0 fully saturated rings. The van der Waals surface area contributed by atoms with Crippen LogP contribution in [0, 0.1) is 0 Å². The van der Waals surface area contributed by atoms with Crippen molar-refractivity contribution in [2.24, 2.45) is 4.40 Å². The van der Waals surface area contributed by atoms with Crippen LogP contribution in [0.4, 0.5) is 22.0 Å². The Morgan fingerprint density at radius 3 is 2.38 bits per heavy atom. The van der Waals surface area contributed by atoms with Crippen molar-refractivity contribution in [2.45, 2.75) is 38.5 Å². The van der Waals surface area contributed by atoms with E-state index in [0.29, 0.717) is 0 Å². The van der Waals surface area contributed by atoms with Crippen LogP contribution in [0.2, 0.25) is 0 Å². The van der Waals surface area contributed by atoms with Crippen LogP contribution in [0.25, 0.3) is 0 Å². The van der Waals surface area contributed by atoms with Gasteiger partial charge in [-0.2, -0.15) is 13.2 Å². The molecular formula is C14H16F5NO3S. The van der Waals surface area contributed by atoms with Crippen LogP contribution in [0.3, 0.4) is 0 Å². The van der Waals surface area contributed by atoms with Crippen LogP contribution in [0.15, 0.2) is 28.7 Å². The SMILES string of the molecule is CC(C)(C)[S@@](=O)N=C(COC(F)(F)F)c1cccc(OC(F)F)c1. The lowest BCUT2D eigenvalue weighted by Crippen LogP contribution is -2.24. The Labute approximate surface area is 138 Å². The topological polar surface area (TPSA) is 47.9 Å². The molecule has 0 aromatic heterocycles. The summed E-state index contributed by atoms with van der Waals surface area (Å²) in [4.78, 5) is 0. The van der Waals surface area contributed by atoms with Crippen molar-refractivity contribution in [3.05, 3.63) is 29.8 Å². The zero-order valence-corrected chi connectivity index (χ0v) is 13.9. The fourth-order valence-electron chi connectivity index (χ4n) is 1.40. The fraction of sp³-hybridized carbons (Fsp3) is 0.500. The maximum absolute atomic E-state index is 12.3. The molecule has 4 nitrogen and oxygen atoms in total. The molecule has 0 spiro atoms. The summed E-state index contributed by atoms with van der Waals surface area (Å²) in [5.41, 5.74) is -0.254. The minimum Gasteiger partial charge on any atom is -0.435 e. The number of ether oxygens (including phenoxy) is 2. The molecule has 136 valence electrons. The van der Waals surface area contributed by atoms with E-state index in [4.69, 9.17) is 0 Å². The van der Waals surface area contributed by atoms with E-state index in [9.17, 15) is 26.2 Å². The molecule has 0 radical (unpaired) electrons. The summed E-state index contributed by atoms with van der Waals surface area (Å²) in [5, 5.41) is 0. The molecule has 0 unspecified atom stereocenters. The summed E-state index contributed by atoms with van der Waals surface area (Å²) < 4.78 is 84.3. The Hall–Kier alpha value is -1.55. The van der Waals surface area contributed by atoms with E-state index in [1.807, 2.05) is 0 Å². The van der Waals surface area contributed by atoms with Crippen molar-refractivity contribution in [3.8, 4) is 5.75 Å². The van der Waals surface area contributed by atoms with Crippen LogP contribution < -0.4 is 4.74 Å². The smallest absolute Gasteiger partial charge is 0.435 e. The van der Waals surface area contributed by atoms with Crippen LogP contribution in [0.5, 0.6) is 5.75 Å². The summed E-state index contributed by atoms with van der Waals surface area (Å²) >= 11 is 0. The number of benzene rings is 1. The highest BCUT2D eigenvalue weighted by atomic mass is 32.2. The van der Waals surface area contributed by atoms with Crippen LogP contribution >= 0.6 is 0 Å². The molecule has 10 heteroatoms. The number of alkyl halides is 5. The maximum Gasteiger partial charge on any atom is 0.522 e. The van der Waals surface area contributed by atoms with Gasteiger partial charge in [0.2, 0.25) is 0 Å². The van der Waals surface area contributed by atoms with Crippen molar-refractivity contribution in [1.29, 1.82) is 0 Å². The van der Waals surface area contributed by atoms with Gasteiger partial charge in [-0.1, -0.05) is 12.1 Å². The third kappa shape index (κ3) is 7.35. The molecule has 0 aliphatic heterocycles. The maximum atomic E-state index is 12.3. The van der Waals surface area contributed by atoms with E-state index in [1.54, 1.807) is 20.8 Å². The van der Waals surface area contributed by atoms with Crippen LogP contribution in [-0.2, 0) is 15.7 Å². The van der Waals surface area contributed by atoms with Crippen molar-refractivity contribution in [3.63, 3.8) is 0 Å². The summed E-state index contributed by atoms with van der Waals surface area (Å²) in [6, 6.07) is 4.91. The zero-order chi connectivity index (χ0) is 18.5. The highest BCUT2D eigenvalue weighted by molar-refractivity contribution is 7.85. The summed E-state index contributed by atoms with van der Waals surface area (Å²) in [7, 11) is -1.86. The first-order valence-electron chi connectivity index (χ1n) is 6.64. The fourth-order valence-corrected chi connectivity index (χ4v) is 2.03. The summed E-state index contributed by atoms with van der Waals surface area (Å²) in [6.45, 7) is 0.668. The lowest BCUT2D eigenvalue weighted by Gasteiger charge is -2.16. The lowest BCUT2D eigenvalue weighted by molar-refractivity contribution is -0.317. The van der Waals surface area contributed by atoms with E-state index >= 15 is 0 Å². The normalized spacial score (nSPS) is 14.8. The molecule has 0 aliphatic rings. The third-order valence-corrected chi connectivity index (χ3v) is 3.92. The van der Waals surface area contributed by atoms with Gasteiger partial charge in [0.25, 0.3) is 0 Å². The van der Waals surface area contributed by atoms with Gasteiger partial charge in [0.15, 0.2) is 0 Å². The molecule has 1 rings (SSSR count). The Kier molecular flexibility index (Phi) is 6.85. The van der Waals surface area contributed by atoms with Crippen molar-refractivity contribution in [1.82, 2.24) is 0 Å². The van der Waals surface area contributed by atoms with Gasteiger partial charge in [0.05, 0.1) is 17.1 Å². The van der Waals surface area contributed by atoms with Gasteiger partial charge in [-0.3, -0.25) is 4.74 Å². The number of rotatable bonds is 6. The molecule has 0 saturated carbocycles. The van der Waals surface area contributed by atoms with Crippen LogP contribution in [-0.4, -0.2) is 34.2 Å². The zero-order valence-electron chi connectivity index (χ0n) is 13.1. The highest BCUT2D eigenvalue weighted by Crippen LogP contribution is 2.21. The Morgan fingerprint density at radius 2 is 1.88 bits per heavy atom. The summed E-state index contributed by atoms with van der Waals surface area (Å²) in [6.07, 6.45) is -4.92. The quantitative estimate of drug-likeness (QED) is 0.558. The highest BCUT2D eigenvalue weighted by Gasteiger charge is 2.30. The van der Waals surface area contributed by atoms with E-state index in [0.717, 1.165) is 6.07 Å². The monoisotopic (exact) mass is 373 g/mol. The van der Waals surface area contributed by atoms with Gasteiger partial charge in [0, 0.05) is 5.56 Å². The van der Waals surface area contributed by atoms with Crippen molar-refractivity contribution < 1.29 is 35.6 Å². The Bertz CT molecular complexity index is 611. The average Bonchev–Trinajstić information content (AvgIpc) is 2.40. The second-order valence-electron chi connectivity index (χ2n) is 5.54. The second-order valence-corrected chi connectivity index (χ2v) is 7.45. The molecule has 0 heterocycles.